The predicted octanol–water partition coefficient (Wildman–Crippen LogP) is 5.07. The van der Waals surface area contributed by atoms with Gasteiger partial charge in [0, 0.05) is 0 Å². The lowest BCUT2D eigenvalue weighted by Crippen LogP contribution is -2.07. The van der Waals surface area contributed by atoms with Crippen LogP contribution in [-0.2, 0) is 16.1 Å². The maximum absolute atomic E-state index is 14.0. The summed E-state index contributed by atoms with van der Waals surface area (Å²) >= 11 is 0. The number of aliphatic imine (C=N–C) groups is 1. The molecule has 6 nitrogen and oxygen atoms in total. The normalized spacial score (nSPS) is 14.1. The largest absolute Gasteiger partial charge is 0.493 e. The van der Waals surface area contributed by atoms with E-state index in [1.54, 1.807) is 24.3 Å². The summed E-state index contributed by atoms with van der Waals surface area (Å²) in [7, 11) is 3.04. The first kappa shape index (κ1) is 22.1. The third-order valence-electron chi connectivity index (χ3n) is 5.14. The van der Waals surface area contributed by atoms with Gasteiger partial charge in [-0.3, -0.25) is 0 Å². The summed E-state index contributed by atoms with van der Waals surface area (Å²) in [5, 5.41) is 0. The quantitative estimate of drug-likeness (QED) is 0.374. The zero-order valence-corrected chi connectivity index (χ0v) is 18.4. The molecule has 0 unspecified atom stereocenters. The molecule has 3 aromatic rings. The lowest BCUT2D eigenvalue weighted by molar-refractivity contribution is -0.129. The van der Waals surface area contributed by atoms with Gasteiger partial charge in [-0.2, -0.15) is 0 Å². The van der Waals surface area contributed by atoms with Gasteiger partial charge in [0.15, 0.2) is 17.2 Å². The van der Waals surface area contributed by atoms with E-state index in [1.807, 2.05) is 31.2 Å². The monoisotopic (exact) mass is 447 g/mol. The Morgan fingerprint density at radius 1 is 1.00 bits per heavy atom. The van der Waals surface area contributed by atoms with Crippen molar-refractivity contribution in [2.75, 3.05) is 14.2 Å². The van der Waals surface area contributed by atoms with Crippen LogP contribution in [0.15, 0.2) is 71.4 Å². The molecule has 0 saturated carbocycles. The molecule has 0 N–H and O–H groups in total. The molecule has 0 bridgehead atoms. The molecule has 0 saturated heterocycles. The van der Waals surface area contributed by atoms with Gasteiger partial charge in [0.1, 0.15) is 12.4 Å². The van der Waals surface area contributed by atoms with Crippen LogP contribution in [0, 0.1) is 12.7 Å². The van der Waals surface area contributed by atoms with Gasteiger partial charge in [-0.15, -0.1) is 0 Å². The number of nitrogens with zero attached hydrogens (tertiary/aromatic N) is 1. The number of halogens is 1. The van der Waals surface area contributed by atoms with Crippen molar-refractivity contribution in [1.82, 2.24) is 0 Å². The van der Waals surface area contributed by atoms with E-state index in [1.165, 1.54) is 32.4 Å². The summed E-state index contributed by atoms with van der Waals surface area (Å²) in [5.41, 5.74) is 2.88. The van der Waals surface area contributed by atoms with E-state index in [2.05, 4.69) is 4.99 Å². The van der Waals surface area contributed by atoms with Crippen LogP contribution in [0.2, 0.25) is 0 Å². The van der Waals surface area contributed by atoms with Gasteiger partial charge >= 0.3 is 5.97 Å². The summed E-state index contributed by atoms with van der Waals surface area (Å²) in [6.07, 6.45) is 1.52. The molecule has 0 aromatic heterocycles. The number of esters is 1. The third kappa shape index (κ3) is 4.72. The summed E-state index contributed by atoms with van der Waals surface area (Å²) < 4.78 is 36.2. The smallest absolute Gasteiger partial charge is 0.363 e. The van der Waals surface area contributed by atoms with Crippen LogP contribution in [0.1, 0.15) is 22.3 Å². The minimum Gasteiger partial charge on any atom is -0.493 e. The second-order valence-corrected chi connectivity index (χ2v) is 7.29. The second-order valence-electron chi connectivity index (χ2n) is 7.29. The average molecular weight is 447 g/mol. The molecule has 4 rings (SSSR count). The van der Waals surface area contributed by atoms with Crippen LogP contribution in [0.3, 0.4) is 0 Å². The molecule has 0 atom stereocenters. The molecule has 33 heavy (non-hydrogen) atoms. The van der Waals surface area contributed by atoms with E-state index in [0.717, 1.165) is 11.1 Å². The Bertz CT molecular complexity index is 1240. The van der Waals surface area contributed by atoms with Crippen LogP contribution in [0.5, 0.6) is 17.2 Å². The zero-order valence-electron chi connectivity index (χ0n) is 18.4. The maximum atomic E-state index is 14.0. The van der Waals surface area contributed by atoms with E-state index >= 15 is 0 Å². The fraction of sp³-hybridized carbons (Fsp3) is 0.154. The number of hydrogen-bond donors (Lipinski definition) is 0. The summed E-state index contributed by atoms with van der Waals surface area (Å²) in [5.74, 6) is 0.0187. The van der Waals surface area contributed by atoms with Gasteiger partial charge in [0.05, 0.1) is 19.8 Å². The highest BCUT2D eigenvalue weighted by molar-refractivity contribution is 6.13. The molecule has 168 valence electrons. The number of hydrogen-bond acceptors (Lipinski definition) is 6. The van der Waals surface area contributed by atoms with Crippen LogP contribution in [0.4, 0.5) is 4.39 Å². The van der Waals surface area contributed by atoms with Gasteiger partial charge in [0.25, 0.3) is 0 Å². The van der Waals surface area contributed by atoms with Crippen molar-refractivity contribution >= 4 is 17.9 Å². The molecule has 1 aliphatic heterocycles. The number of carbonyl (C=O) groups is 1. The highest BCUT2D eigenvalue weighted by Crippen LogP contribution is 2.40. The Kier molecular flexibility index (Phi) is 6.40. The molecule has 0 radical (unpaired) electrons. The van der Waals surface area contributed by atoms with Gasteiger partial charge in [0.2, 0.25) is 11.6 Å². The fourth-order valence-corrected chi connectivity index (χ4v) is 3.36. The highest BCUT2D eigenvalue weighted by Gasteiger charge is 2.26. The van der Waals surface area contributed by atoms with Crippen molar-refractivity contribution in [2.24, 2.45) is 4.99 Å². The van der Waals surface area contributed by atoms with Crippen LogP contribution in [-0.4, -0.2) is 26.1 Å². The Labute approximate surface area is 190 Å². The number of carbonyl (C=O) groups excluding carboxylic acids is 1. The van der Waals surface area contributed by atoms with Crippen LogP contribution in [0.25, 0.3) is 6.08 Å². The minimum atomic E-state index is -0.675. The van der Waals surface area contributed by atoms with Gasteiger partial charge < -0.3 is 18.9 Å². The maximum Gasteiger partial charge on any atom is 0.363 e. The van der Waals surface area contributed by atoms with Crippen LogP contribution < -0.4 is 14.2 Å². The number of cyclic esters (lactones) is 1. The molecule has 3 aromatic carbocycles. The van der Waals surface area contributed by atoms with Crippen molar-refractivity contribution < 1.29 is 28.1 Å². The van der Waals surface area contributed by atoms with Crippen molar-refractivity contribution in [3.8, 4) is 17.2 Å². The molecular formula is C26H22FNO5. The summed E-state index contributed by atoms with van der Waals surface area (Å²) in [6.45, 7) is 2.35. The zero-order chi connectivity index (χ0) is 23.4. The molecule has 1 heterocycles. The third-order valence-corrected chi connectivity index (χ3v) is 5.14. The van der Waals surface area contributed by atoms with E-state index in [9.17, 15) is 9.18 Å². The second kappa shape index (κ2) is 9.56. The molecule has 1 aliphatic rings. The Hall–Kier alpha value is -4.13. The number of ether oxygens (including phenoxy) is 4. The predicted molar refractivity (Wildman–Crippen MR) is 122 cm³/mol. The summed E-state index contributed by atoms with van der Waals surface area (Å²) in [6, 6.07) is 17.3. The molecule has 0 amide bonds. The lowest BCUT2D eigenvalue weighted by Gasteiger charge is -2.16. The van der Waals surface area contributed by atoms with E-state index < -0.39 is 11.8 Å². The van der Waals surface area contributed by atoms with E-state index in [0.29, 0.717) is 29.4 Å². The number of aryl methyl sites for hydroxylation is 1. The molecule has 7 heteroatoms. The number of benzene rings is 3. The van der Waals surface area contributed by atoms with Crippen molar-refractivity contribution in [1.29, 1.82) is 0 Å². The van der Waals surface area contributed by atoms with Crippen molar-refractivity contribution in [3.63, 3.8) is 0 Å². The van der Waals surface area contributed by atoms with E-state index in [-0.39, 0.29) is 17.2 Å². The van der Waals surface area contributed by atoms with E-state index in [4.69, 9.17) is 18.9 Å². The summed E-state index contributed by atoms with van der Waals surface area (Å²) in [4.78, 5) is 16.5. The molecule has 0 aliphatic carbocycles. The van der Waals surface area contributed by atoms with Gasteiger partial charge in [-0.05, 0) is 54.0 Å². The van der Waals surface area contributed by atoms with Crippen LogP contribution >= 0.6 is 0 Å². The number of methoxy groups -OCH3 is 2. The SMILES string of the molecule is COc1cc(/C=C2\N=C(c3ccccc3F)OC2=O)cc(OC)c1OCc1ccccc1C. The van der Waals surface area contributed by atoms with Gasteiger partial charge in [-0.1, -0.05) is 36.4 Å². The Balaban J connectivity index is 1.65. The average Bonchev–Trinajstić information content (AvgIpc) is 3.18. The standard InChI is InChI=1S/C26H22FNO5/c1-16-8-4-5-9-18(16)15-32-24-22(30-2)13-17(14-23(24)31-3)12-21-26(29)33-25(28-21)19-10-6-7-11-20(19)27/h4-14H,15H2,1-3H3/b21-12-. The first-order valence-electron chi connectivity index (χ1n) is 10.2. The number of rotatable bonds is 7. The van der Waals surface area contributed by atoms with Crippen molar-refractivity contribution in [2.45, 2.75) is 13.5 Å². The molecule has 0 fully saturated rings. The topological polar surface area (TPSA) is 66.4 Å². The molecular weight excluding hydrogens is 425 g/mol. The first-order valence-corrected chi connectivity index (χ1v) is 10.2. The Morgan fingerprint density at radius 3 is 2.33 bits per heavy atom. The molecule has 0 spiro atoms. The van der Waals surface area contributed by atoms with Gasteiger partial charge in [-0.25, -0.2) is 14.2 Å². The highest BCUT2D eigenvalue weighted by atomic mass is 19.1. The lowest BCUT2D eigenvalue weighted by atomic mass is 10.1. The van der Waals surface area contributed by atoms with Crippen molar-refractivity contribution in [3.05, 3.63) is 94.4 Å². The fourth-order valence-electron chi connectivity index (χ4n) is 3.36. The first-order chi connectivity index (χ1) is 16.0. The Morgan fingerprint density at radius 2 is 1.67 bits per heavy atom. The minimum absolute atomic E-state index is 0.0333.